The summed E-state index contributed by atoms with van der Waals surface area (Å²) in [5.41, 5.74) is 0.595. The molecule has 0 atom stereocenters. The summed E-state index contributed by atoms with van der Waals surface area (Å²) in [6, 6.07) is 9.55. The molecule has 0 aliphatic rings. The maximum atomic E-state index is 13.3. The third-order valence-corrected chi connectivity index (χ3v) is 3.34. The van der Waals surface area contributed by atoms with Gasteiger partial charge in [-0.15, -0.1) is 0 Å². The maximum absolute atomic E-state index is 13.3. The highest BCUT2D eigenvalue weighted by molar-refractivity contribution is 6.01. The SMILES string of the molecule is O=C(Nc1ccc(F)c([N+](=O)[O-])c1)Nc1ccccc1-n1ccnc1. The first-order chi connectivity index (χ1) is 12.0. The lowest BCUT2D eigenvalue weighted by molar-refractivity contribution is -0.387. The summed E-state index contributed by atoms with van der Waals surface area (Å²) < 4.78 is 15.1. The Morgan fingerprint density at radius 1 is 1.20 bits per heavy atom. The van der Waals surface area contributed by atoms with Crippen LogP contribution in [0.1, 0.15) is 0 Å². The maximum Gasteiger partial charge on any atom is 0.323 e. The third kappa shape index (κ3) is 3.61. The number of nitro benzene ring substituents is 1. The zero-order valence-electron chi connectivity index (χ0n) is 12.7. The predicted molar refractivity (Wildman–Crippen MR) is 89.3 cm³/mol. The molecule has 9 heteroatoms. The number of carbonyl (C=O) groups excluding carboxylic acids is 1. The van der Waals surface area contributed by atoms with Crippen LogP contribution in [-0.2, 0) is 0 Å². The number of hydrogen-bond donors (Lipinski definition) is 2. The summed E-state index contributed by atoms with van der Waals surface area (Å²) in [6.45, 7) is 0. The zero-order chi connectivity index (χ0) is 17.8. The molecule has 2 N–H and O–H groups in total. The summed E-state index contributed by atoms with van der Waals surface area (Å²) >= 11 is 0. The van der Waals surface area contributed by atoms with Crippen molar-refractivity contribution in [2.24, 2.45) is 0 Å². The molecule has 0 saturated heterocycles. The second-order valence-corrected chi connectivity index (χ2v) is 4.99. The van der Waals surface area contributed by atoms with Gasteiger partial charge in [-0.1, -0.05) is 12.1 Å². The van der Waals surface area contributed by atoms with E-state index < -0.39 is 22.5 Å². The topological polar surface area (TPSA) is 102 Å². The largest absolute Gasteiger partial charge is 0.323 e. The number of amides is 2. The number of nitro groups is 1. The molecule has 3 aromatic rings. The van der Waals surface area contributed by atoms with Gasteiger partial charge in [-0.05, 0) is 24.3 Å². The van der Waals surface area contributed by atoms with Crippen LogP contribution < -0.4 is 10.6 Å². The Morgan fingerprint density at radius 3 is 2.72 bits per heavy atom. The van der Waals surface area contributed by atoms with Crippen molar-refractivity contribution < 1.29 is 14.1 Å². The van der Waals surface area contributed by atoms with Gasteiger partial charge in [0.2, 0.25) is 5.82 Å². The van der Waals surface area contributed by atoms with Crippen molar-refractivity contribution in [2.75, 3.05) is 10.6 Å². The Hall–Kier alpha value is -3.75. The van der Waals surface area contributed by atoms with Crippen molar-refractivity contribution in [3.8, 4) is 5.69 Å². The number of benzene rings is 2. The number of hydrogen-bond acceptors (Lipinski definition) is 4. The van der Waals surface area contributed by atoms with Crippen molar-refractivity contribution in [2.45, 2.75) is 0 Å². The minimum Gasteiger partial charge on any atom is -0.307 e. The van der Waals surface area contributed by atoms with Crippen LogP contribution in [0.15, 0.2) is 61.2 Å². The van der Waals surface area contributed by atoms with Crippen molar-refractivity contribution in [1.29, 1.82) is 0 Å². The van der Waals surface area contributed by atoms with Crippen LogP contribution in [0.25, 0.3) is 5.69 Å². The van der Waals surface area contributed by atoms with Crippen LogP contribution in [0.4, 0.5) is 26.2 Å². The zero-order valence-corrected chi connectivity index (χ0v) is 12.7. The van der Waals surface area contributed by atoms with Crippen LogP contribution in [0.2, 0.25) is 0 Å². The Morgan fingerprint density at radius 2 is 2.00 bits per heavy atom. The fourth-order valence-electron chi connectivity index (χ4n) is 2.22. The van der Waals surface area contributed by atoms with Crippen molar-refractivity contribution in [3.63, 3.8) is 0 Å². The number of imidazole rings is 1. The quantitative estimate of drug-likeness (QED) is 0.559. The molecule has 0 aliphatic carbocycles. The number of nitrogens with zero attached hydrogens (tertiary/aromatic N) is 3. The first-order valence-electron chi connectivity index (χ1n) is 7.14. The van der Waals surface area contributed by atoms with E-state index in [0.29, 0.717) is 11.4 Å². The van der Waals surface area contributed by atoms with Crippen LogP contribution in [0, 0.1) is 15.9 Å². The van der Waals surface area contributed by atoms with Gasteiger partial charge in [0.15, 0.2) is 0 Å². The molecule has 8 nitrogen and oxygen atoms in total. The van der Waals surface area contributed by atoms with Crippen LogP contribution in [0.3, 0.4) is 0 Å². The van der Waals surface area contributed by atoms with Gasteiger partial charge in [0.25, 0.3) is 0 Å². The van der Waals surface area contributed by atoms with E-state index in [2.05, 4.69) is 15.6 Å². The normalized spacial score (nSPS) is 10.3. The molecule has 0 unspecified atom stereocenters. The Labute approximate surface area is 141 Å². The molecule has 25 heavy (non-hydrogen) atoms. The van der Waals surface area contributed by atoms with E-state index >= 15 is 0 Å². The minimum absolute atomic E-state index is 0.103. The van der Waals surface area contributed by atoms with E-state index in [0.717, 1.165) is 12.1 Å². The smallest absolute Gasteiger partial charge is 0.307 e. The average Bonchev–Trinajstić information content (AvgIpc) is 3.11. The number of para-hydroxylation sites is 2. The first kappa shape index (κ1) is 16.1. The lowest BCUT2D eigenvalue weighted by Gasteiger charge is -2.12. The van der Waals surface area contributed by atoms with Crippen LogP contribution in [-0.4, -0.2) is 20.5 Å². The summed E-state index contributed by atoms with van der Waals surface area (Å²) in [6.07, 6.45) is 4.91. The van der Waals surface area contributed by atoms with Gasteiger partial charge in [-0.25, -0.2) is 9.78 Å². The second kappa shape index (κ2) is 6.79. The molecular weight excluding hydrogens is 329 g/mol. The molecule has 0 saturated carbocycles. The number of aromatic nitrogens is 2. The van der Waals surface area contributed by atoms with Crippen molar-refractivity contribution >= 4 is 23.1 Å². The predicted octanol–water partition coefficient (Wildman–Crippen LogP) is 3.56. The molecule has 0 bridgehead atoms. The van der Waals surface area contributed by atoms with Gasteiger partial charge < -0.3 is 15.2 Å². The van der Waals surface area contributed by atoms with Gasteiger partial charge in [0, 0.05) is 24.1 Å². The summed E-state index contributed by atoms with van der Waals surface area (Å²) in [5.74, 6) is -0.971. The molecule has 1 heterocycles. The fourth-order valence-corrected chi connectivity index (χ4v) is 2.22. The number of rotatable bonds is 4. The fraction of sp³-hybridized carbons (Fsp3) is 0. The van der Waals surface area contributed by atoms with Crippen molar-refractivity contribution in [1.82, 2.24) is 9.55 Å². The Balaban J connectivity index is 1.78. The molecule has 3 rings (SSSR count). The summed E-state index contributed by atoms with van der Waals surface area (Å²) in [7, 11) is 0. The molecule has 126 valence electrons. The number of halogens is 1. The highest BCUT2D eigenvalue weighted by atomic mass is 19.1. The van der Waals surface area contributed by atoms with E-state index in [9.17, 15) is 19.3 Å². The average molecular weight is 341 g/mol. The molecule has 0 aliphatic heterocycles. The lowest BCUT2D eigenvalue weighted by Crippen LogP contribution is -2.20. The Kier molecular flexibility index (Phi) is 4.38. The molecule has 2 aromatic carbocycles. The highest BCUT2D eigenvalue weighted by Crippen LogP contribution is 2.23. The van der Waals surface area contributed by atoms with E-state index in [4.69, 9.17) is 0 Å². The Bertz CT molecular complexity index is 927. The second-order valence-electron chi connectivity index (χ2n) is 4.99. The molecule has 1 aromatic heterocycles. The van der Waals surface area contributed by atoms with Crippen molar-refractivity contribution in [3.05, 3.63) is 77.1 Å². The van der Waals surface area contributed by atoms with Crippen LogP contribution >= 0.6 is 0 Å². The van der Waals surface area contributed by atoms with Gasteiger partial charge in [-0.3, -0.25) is 10.1 Å². The van der Waals surface area contributed by atoms with E-state index in [1.165, 1.54) is 6.07 Å². The monoisotopic (exact) mass is 341 g/mol. The van der Waals surface area contributed by atoms with Gasteiger partial charge >= 0.3 is 11.7 Å². The minimum atomic E-state index is -0.971. The van der Waals surface area contributed by atoms with E-state index in [-0.39, 0.29) is 5.69 Å². The van der Waals surface area contributed by atoms with E-state index in [1.54, 1.807) is 41.5 Å². The van der Waals surface area contributed by atoms with Gasteiger partial charge in [0.1, 0.15) is 0 Å². The molecule has 2 amide bonds. The standard InChI is InChI=1S/C16H12FN5O3/c17-12-6-5-11(9-15(12)22(24)25)19-16(23)20-13-3-1-2-4-14(13)21-8-7-18-10-21/h1-10H,(H2,19,20,23). The van der Waals surface area contributed by atoms with Gasteiger partial charge in [-0.2, -0.15) is 4.39 Å². The third-order valence-electron chi connectivity index (χ3n) is 3.34. The van der Waals surface area contributed by atoms with E-state index in [1.807, 2.05) is 6.07 Å². The molecule has 0 radical (unpaired) electrons. The number of nitrogens with one attached hydrogen (secondary N) is 2. The molecular formula is C16H12FN5O3. The van der Waals surface area contributed by atoms with Crippen LogP contribution in [0.5, 0.6) is 0 Å². The molecule has 0 spiro atoms. The highest BCUT2D eigenvalue weighted by Gasteiger charge is 2.15. The number of carbonyl (C=O) groups is 1. The van der Waals surface area contributed by atoms with Gasteiger partial charge in [0.05, 0.1) is 22.6 Å². The molecule has 0 fully saturated rings. The number of anilines is 2. The summed E-state index contributed by atoms with van der Waals surface area (Å²) in [5, 5.41) is 15.8. The number of urea groups is 1. The summed E-state index contributed by atoms with van der Waals surface area (Å²) in [4.78, 5) is 26.0. The lowest BCUT2D eigenvalue weighted by atomic mass is 10.2. The first-order valence-corrected chi connectivity index (χ1v) is 7.14.